The molecule has 0 spiro atoms. The number of aromatic nitrogens is 1. The van der Waals surface area contributed by atoms with E-state index in [9.17, 15) is 4.79 Å². The van der Waals surface area contributed by atoms with Crippen molar-refractivity contribution < 1.29 is 9.53 Å². The van der Waals surface area contributed by atoms with Crippen molar-refractivity contribution in [2.24, 2.45) is 0 Å². The molecule has 6 nitrogen and oxygen atoms in total. The largest absolute Gasteiger partial charge is 0.492 e. The lowest BCUT2D eigenvalue weighted by Gasteiger charge is -2.34. The topological polar surface area (TPSA) is 57.7 Å². The SMILES string of the molecule is CCOc1cccc2sc(N3CCN(CCNC(=O)c4cccc(Cl)c4)CC3)nc12. The van der Waals surface area contributed by atoms with Crippen molar-refractivity contribution in [2.45, 2.75) is 6.92 Å². The Balaban J connectivity index is 1.27. The number of carbonyl (C=O) groups is 1. The van der Waals surface area contributed by atoms with Crippen molar-refractivity contribution in [3.05, 3.63) is 53.1 Å². The number of thiazole rings is 1. The molecule has 1 amide bonds. The van der Waals surface area contributed by atoms with Crippen molar-refractivity contribution in [1.82, 2.24) is 15.2 Å². The van der Waals surface area contributed by atoms with E-state index in [-0.39, 0.29) is 5.91 Å². The van der Waals surface area contributed by atoms with Crippen molar-refractivity contribution in [1.29, 1.82) is 0 Å². The van der Waals surface area contributed by atoms with Crippen LogP contribution in [0.15, 0.2) is 42.5 Å². The van der Waals surface area contributed by atoms with Gasteiger partial charge in [-0.3, -0.25) is 9.69 Å². The Labute approximate surface area is 185 Å². The molecule has 158 valence electrons. The maximum Gasteiger partial charge on any atom is 0.251 e. The number of hydrogen-bond acceptors (Lipinski definition) is 6. The molecule has 0 radical (unpaired) electrons. The summed E-state index contributed by atoms with van der Waals surface area (Å²) in [5.41, 5.74) is 1.54. The third kappa shape index (κ3) is 4.86. The number of halogens is 1. The minimum absolute atomic E-state index is 0.0873. The summed E-state index contributed by atoms with van der Waals surface area (Å²) in [5.74, 6) is 0.766. The summed E-state index contributed by atoms with van der Waals surface area (Å²) in [7, 11) is 0. The fraction of sp³-hybridized carbons (Fsp3) is 0.364. The lowest BCUT2D eigenvalue weighted by Crippen LogP contribution is -2.48. The Bertz CT molecular complexity index is 1020. The molecule has 0 bridgehead atoms. The van der Waals surface area contributed by atoms with Crippen LogP contribution in [0.3, 0.4) is 0 Å². The van der Waals surface area contributed by atoms with Gasteiger partial charge in [0.2, 0.25) is 0 Å². The van der Waals surface area contributed by atoms with Gasteiger partial charge in [-0.15, -0.1) is 0 Å². The molecule has 1 N–H and O–H groups in total. The Morgan fingerprint density at radius 2 is 2.00 bits per heavy atom. The first-order valence-electron chi connectivity index (χ1n) is 10.2. The molecule has 0 aliphatic carbocycles. The van der Waals surface area contributed by atoms with Gasteiger partial charge < -0.3 is 15.0 Å². The maximum atomic E-state index is 12.2. The Kier molecular flexibility index (Phi) is 6.72. The number of benzene rings is 2. The number of nitrogens with zero attached hydrogens (tertiary/aromatic N) is 3. The number of para-hydroxylation sites is 1. The van der Waals surface area contributed by atoms with Crippen LogP contribution in [0.25, 0.3) is 10.2 Å². The van der Waals surface area contributed by atoms with Gasteiger partial charge in [-0.2, -0.15) is 0 Å². The molecule has 30 heavy (non-hydrogen) atoms. The summed E-state index contributed by atoms with van der Waals surface area (Å²) in [6.45, 7) is 7.81. The second-order valence-electron chi connectivity index (χ2n) is 7.13. The van der Waals surface area contributed by atoms with Gasteiger partial charge in [-0.05, 0) is 37.3 Å². The molecule has 1 aliphatic heterocycles. The van der Waals surface area contributed by atoms with Gasteiger partial charge in [-0.1, -0.05) is 35.1 Å². The van der Waals surface area contributed by atoms with E-state index in [1.807, 2.05) is 19.1 Å². The van der Waals surface area contributed by atoms with Gasteiger partial charge >= 0.3 is 0 Å². The van der Waals surface area contributed by atoms with Crippen LogP contribution < -0.4 is 15.0 Å². The van der Waals surface area contributed by atoms with Crippen LogP contribution >= 0.6 is 22.9 Å². The van der Waals surface area contributed by atoms with E-state index < -0.39 is 0 Å². The maximum absolute atomic E-state index is 12.2. The monoisotopic (exact) mass is 444 g/mol. The molecule has 8 heteroatoms. The van der Waals surface area contributed by atoms with E-state index in [1.165, 1.54) is 0 Å². The number of ether oxygens (including phenoxy) is 1. The van der Waals surface area contributed by atoms with Gasteiger partial charge in [0, 0.05) is 49.9 Å². The number of hydrogen-bond donors (Lipinski definition) is 1. The number of rotatable bonds is 7. The van der Waals surface area contributed by atoms with E-state index in [0.717, 1.165) is 53.8 Å². The van der Waals surface area contributed by atoms with Crippen molar-refractivity contribution in [2.75, 3.05) is 50.8 Å². The fourth-order valence-electron chi connectivity index (χ4n) is 3.54. The number of amides is 1. The van der Waals surface area contributed by atoms with Gasteiger partial charge in [0.25, 0.3) is 5.91 Å². The summed E-state index contributed by atoms with van der Waals surface area (Å²) >= 11 is 7.67. The lowest BCUT2D eigenvalue weighted by molar-refractivity contribution is 0.0948. The second kappa shape index (κ2) is 9.64. The highest BCUT2D eigenvalue weighted by atomic mass is 35.5. The molecule has 0 atom stereocenters. The van der Waals surface area contributed by atoms with E-state index in [1.54, 1.807) is 35.6 Å². The van der Waals surface area contributed by atoms with E-state index in [0.29, 0.717) is 23.7 Å². The molecule has 3 aromatic rings. The molecule has 0 saturated carbocycles. The van der Waals surface area contributed by atoms with Gasteiger partial charge in [0.15, 0.2) is 5.13 Å². The highest BCUT2D eigenvalue weighted by Gasteiger charge is 2.20. The lowest BCUT2D eigenvalue weighted by atomic mass is 10.2. The fourth-order valence-corrected chi connectivity index (χ4v) is 4.77. The molecule has 1 aliphatic rings. The van der Waals surface area contributed by atoms with Gasteiger partial charge in [0.1, 0.15) is 11.3 Å². The number of fused-ring (bicyclic) bond motifs is 1. The van der Waals surface area contributed by atoms with Crippen molar-refractivity contribution in [3.63, 3.8) is 0 Å². The van der Waals surface area contributed by atoms with Crippen LogP contribution in [0.1, 0.15) is 17.3 Å². The zero-order valence-corrected chi connectivity index (χ0v) is 18.5. The molecule has 4 rings (SSSR count). The molecule has 1 fully saturated rings. The summed E-state index contributed by atoms with van der Waals surface area (Å²) in [5, 5.41) is 4.59. The highest BCUT2D eigenvalue weighted by Crippen LogP contribution is 2.34. The van der Waals surface area contributed by atoms with Gasteiger partial charge in [-0.25, -0.2) is 4.98 Å². The van der Waals surface area contributed by atoms with E-state index >= 15 is 0 Å². The minimum Gasteiger partial charge on any atom is -0.492 e. The summed E-state index contributed by atoms with van der Waals surface area (Å²) < 4.78 is 6.87. The number of carbonyl (C=O) groups excluding carboxylic acids is 1. The van der Waals surface area contributed by atoms with Crippen molar-refractivity contribution >= 4 is 44.2 Å². The standard InChI is InChI=1S/C22H25ClN4O2S/c1-2-29-18-7-4-8-19-20(18)25-22(30-19)27-13-11-26(12-14-27)10-9-24-21(28)16-5-3-6-17(23)15-16/h3-8,15H,2,9-14H2,1H3,(H,24,28). The summed E-state index contributed by atoms with van der Waals surface area (Å²) in [6.07, 6.45) is 0. The smallest absolute Gasteiger partial charge is 0.251 e. The third-order valence-electron chi connectivity index (χ3n) is 5.11. The van der Waals surface area contributed by atoms with Crippen LogP contribution in [0.4, 0.5) is 5.13 Å². The summed E-state index contributed by atoms with van der Waals surface area (Å²) in [6, 6.07) is 13.1. The third-order valence-corrected chi connectivity index (χ3v) is 6.43. The van der Waals surface area contributed by atoms with Crippen LogP contribution in [-0.2, 0) is 0 Å². The number of piperazine rings is 1. The zero-order chi connectivity index (χ0) is 20.9. The average Bonchev–Trinajstić information content (AvgIpc) is 3.20. The normalized spacial score (nSPS) is 14.8. The van der Waals surface area contributed by atoms with Crippen LogP contribution in [0.5, 0.6) is 5.75 Å². The van der Waals surface area contributed by atoms with Gasteiger partial charge in [0.05, 0.1) is 11.3 Å². The molecule has 2 heterocycles. The molecule has 0 unspecified atom stereocenters. The molecule has 1 aromatic heterocycles. The van der Waals surface area contributed by atoms with Crippen LogP contribution in [0.2, 0.25) is 5.02 Å². The number of nitrogens with one attached hydrogen (secondary N) is 1. The molecule has 2 aromatic carbocycles. The predicted octanol–water partition coefficient (Wildman–Crippen LogP) is 3.90. The second-order valence-corrected chi connectivity index (χ2v) is 8.57. The highest BCUT2D eigenvalue weighted by molar-refractivity contribution is 7.22. The Morgan fingerprint density at radius 3 is 2.77 bits per heavy atom. The first kappa shape index (κ1) is 20.9. The zero-order valence-electron chi connectivity index (χ0n) is 16.9. The Morgan fingerprint density at radius 1 is 1.20 bits per heavy atom. The quantitative estimate of drug-likeness (QED) is 0.599. The predicted molar refractivity (Wildman–Crippen MR) is 123 cm³/mol. The first-order valence-corrected chi connectivity index (χ1v) is 11.4. The average molecular weight is 445 g/mol. The van der Waals surface area contributed by atoms with Crippen LogP contribution in [0, 0.1) is 0 Å². The molecule has 1 saturated heterocycles. The summed E-state index contributed by atoms with van der Waals surface area (Å²) in [4.78, 5) is 21.8. The van der Waals surface area contributed by atoms with Crippen molar-refractivity contribution in [3.8, 4) is 5.75 Å². The van der Waals surface area contributed by atoms with E-state index in [2.05, 4.69) is 21.2 Å². The minimum atomic E-state index is -0.0873. The molecular weight excluding hydrogens is 420 g/mol. The van der Waals surface area contributed by atoms with E-state index in [4.69, 9.17) is 21.3 Å². The first-order chi connectivity index (χ1) is 14.6. The number of anilines is 1. The van der Waals surface area contributed by atoms with Crippen LogP contribution in [-0.4, -0.2) is 61.7 Å². The molecular formula is C22H25ClN4O2S. The Hall–Kier alpha value is -2.35.